The molecule has 94 valence electrons. The number of thiophene rings is 1. The summed E-state index contributed by atoms with van der Waals surface area (Å²) in [5.41, 5.74) is 6.50. The van der Waals surface area contributed by atoms with Gasteiger partial charge in [-0.15, -0.1) is 0 Å². The first-order valence-corrected chi connectivity index (χ1v) is 6.46. The van der Waals surface area contributed by atoms with E-state index in [1.807, 2.05) is 5.38 Å². The summed E-state index contributed by atoms with van der Waals surface area (Å²) in [5.74, 6) is -0.216. The lowest BCUT2D eigenvalue weighted by atomic mass is 10.0. The zero-order chi connectivity index (χ0) is 12.3. The number of hydrogen-bond donors (Lipinski definition) is 2. The van der Waals surface area contributed by atoms with Gasteiger partial charge in [-0.3, -0.25) is 4.79 Å². The number of carbonyl (C=O) groups is 1. The summed E-state index contributed by atoms with van der Waals surface area (Å²) in [6.07, 6.45) is -0.934. The van der Waals surface area contributed by atoms with E-state index in [4.69, 9.17) is 10.5 Å². The molecular formula is C11H16N2O3S. The molecule has 1 aromatic rings. The zero-order valence-corrected chi connectivity index (χ0v) is 10.2. The Bertz CT molecular complexity index is 363. The highest BCUT2D eigenvalue weighted by Crippen LogP contribution is 2.19. The Hall–Kier alpha value is -0.950. The molecule has 3 N–H and O–H groups in total. The van der Waals surface area contributed by atoms with Gasteiger partial charge in [-0.1, -0.05) is 0 Å². The quantitative estimate of drug-likeness (QED) is 0.796. The van der Waals surface area contributed by atoms with Crippen LogP contribution in [0.2, 0.25) is 0 Å². The van der Waals surface area contributed by atoms with Crippen molar-refractivity contribution in [2.75, 3.05) is 26.3 Å². The molecule has 0 spiro atoms. The van der Waals surface area contributed by atoms with Crippen molar-refractivity contribution in [3.63, 3.8) is 0 Å². The Morgan fingerprint density at radius 3 is 2.82 bits per heavy atom. The summed E-state index contributed by atoms with van der Waals surface area (Å²) in [4.78, 5) is 13.7. The predicted molar refractivity (Wildman–Crippen MR) is 64.7 cm³/mol. The lowest BCUT2D eigenvalue weighted by Crippen LogP contribution is -2.50. The third-order valence-electron chi connectivity index (χ3n) is 2.83. The number of carbonyl (C=O) groups excluding carboxylic acids is 1. The van der Waals surface area contributed by atoms with E-state index in [9.17, 15) is 9.90 Å². The molecule has 5 nitrogen and oxygen atoms in total. The second-order valence-corrected chi connectivity index (χ2v) is 4.74. The molecule has 2 unspecified atom stereocenters. The molecule has 1 amide bonds. The first-order valence-electron chi connectivity index (χ1n) is 5.52. The molecule has 1 fully saturated rings. The molecule has 2 atom stereocenters. The maximum absolute atomic E-state index is 12.0. The third-order valence-corrected chi connectivity index (χ3v) is 3.53. The monoisotopic (exact) mass is 256 g/mol. The van der Waals surface area contributed by atoms with Crippen LogP contribution in [0.1, 0.15) is 11.7 Å². The molecule has 2 rings (SSSR count). The van der Waals surface area contributed by atoms with Crippen LogP contribution in [0.25, 0.3) is 0 Å². The topological polar surface area (TPSA) is 75.8 Å². The van der Waals surface area contributed by atoms with E-state index >= 15 is 0 Å². The highest BCUT2D eigenvalue weighted by Gasteiger charge is 2.29. The lowest BCUT2D eigenvalue weighted by molar-refractivity contribution is -0.139. The second kappa shape index (κ2) is 5.59. The van der Waals surface area contributed by atoms with E-state index in [1.54, 1.807) is 16.3 Å². The summed E-state index contributed by atoms with van der Waals surface area (Å²) in [6.45, 7) is 2.16. The summed E-state index contributed by atoms with van der Waals surface area (Å²) < 4.78 is 5.17. The molecule has 1 aliphatic rings. The van der Waals surface area contributed by atoms with Crippen molar-refractivity contribution in [3.05, 3.63) is 22.4 Å². The lowest BCUT2D eigenvalue weighted by Gasteiger charge is -2.30. The van der Waals surface area contributed by atoms with Crippen LogP contribution in [0.3, 0.4) is 0 Å². The number of ether oxygens (including phenoxy) is 1. The maximum Gasteiger partial charge on any atom is 0.242 e. The van der Waals surface area contributed by atoms with E-state index < -0.39 is 12.1 Å². The van der Waals surface area contributed by atoms with Gasteiger partial charge < -0.3 is 20.5 Å². The van der Waals surface area contributed by atoms with Gasteiger partial charge in [-0.2, -0.15) is 11.3 Å². The Morgan fingerprint density at radius 1 is 1.53 bits per heavy atom. The zero-order valence-electron chi connectivity index (χ0n) is 9.41. The van der Waals surface area contributed by atoms with Gasteiger partial charge in [-0.05, 0) is 22.4 Å². The Balaban J connectivity index is 1.98. The molecule has 0 bridgehead atoms. The van der Waals surface area contributed by atoms with E-state index in [0.29, 0.717) is 31.9 Å². The smallest absolute Gasteiger partial charge is 0.242 e. The molecule has 1 saturated heterocycles. The molecule has 0 aromatic carbocycles. The SMILES string of the molecule is NC(C(=O)N1CCOCC1)C(O)c1ccsc1. The summed E-state index contributed by atoms with van der Waals surface area (Å²) >= 11 is 1.47. The molecule has 1 aliphatic heterocycles. The second-order valence-electron chi connectivity index (χ2n) is 3.96. The van der Waals surface area contributed by atoms with Gasteiger partial charge in [0.2, 0.25) is 5.91 Å². The number of hydrogen-bond acceptors (Lipinski definition) is 5. The van der Waals surface area contributed by atoms with Gasteiger partial charge in [0.15, 0.2) is 0 Å². The molecule has 1 aromatic heterocycles. The average Bonchev–Trinajstić information content (AvgIpc) is 2.91. The van der Waals surface area contributed by atoms with Crippen LogP contribution < -0.4 is 5.73 Å². The number of rotatable bonds is 3. The van der Waals surface area contributed by atoms with Crippen LogP contribution in [0.15, 0.2) is 16.8 Å². The summed E-state index contributed by atoms with van der Waals surface area (Å²) in [7, 11) is 0. The van der Waals surface area contributed by atoms with Crippen LogP contribution in [0.4, 0.5) is 0 Å². The van der Waals surface area contributed by atoms with Crippen LogP contribution in [-0.4, -0.2) is 48.3 Å². The van der Waals surface area contributed by atoms with Crippen molar-refractivity contribution in [1.29, 1.82) is 0 Å². The minimum Gasteiger partial charge on any atom is -0.386 e. The van der Waals surface area contributed by atoms with Crippen LogP contribution in [0, 0.1) is 0 Å². The van der Waals surface area contributed by atoms with E-state index in [-0.39, 0.29) is 5.91 Å². The number of morpholine rings is 1. The van der Waals surface area contributed by atoms with Gasteiger partial charge in [0, 0.05) is 13.1 Å². The van der Waals surface area contributed by atoms with Crippen molar-refractivity contribution in [2.24, 2.45) is 5.73 Å². The fraction of sp³-hybridized carbons (Fsp3) is 0.545. The van der Waals surface area contributed by atoms with Gasteiger partial charge in [0.1, 0.15) is 12.1 Å². The number of aliphatic hydroxyl groups excluding tert-OH is 1. The van der Waals surface area contributed by atoms with Crippen LogP contribution >= 0.6 is 11.3 Å². The highest BCUT2D eigenvalue weighted by atomic mass is 32.1. The fourth-order valence-corrected chi connectivity index (χ4v) is 2.47. The fourth-order valence-electron chi connectivity index (χ4n) is 1.78. The largest absolute Gasteiger partial charge is 0.386 e. The highest BCUT2D eigenvalue weighted by molar-refractivity contribution is 7.07. The van der Waals surface area contributed by atoms with Crippen LogP contribution in [0.5, 0.6) is 0 Å². The van der Waals surface area contributed by atoms with E-state index in [0.717, 1.165) is 0 Å². The van der Waals surface area contributed by atoms with E-state index in [1.165, 1.54) is 11.3 Å². The first-order chi connectivity index (χ1) is 8.20. The van der Waals surface area contributed by atoms with Crippen molar-refractivity contribution in [2.45, 2.75) is 12.1 Å². The van der Waals surface area contributed by atoms with E-state index in [2.05, 4.69) is 0 Å². The average molecular weight is 256 g/mol. The Morgan fingerprint density at radius 2 is 2.24 bits per heavy atom. The maximum atomic E-state index is 12.0. The number of amides is 1. The third kappa shape index (κ3) is 2.84. The molecule has 0 radical (unpaired) electrons. The minimum atomic E-state index is -0.934. The number of aliphatic hydroxyl groups is 1. The predicted octanol–water partition coefficient (Wildman–Crippen LogP) is -0.0324. The molecular weight excluding hydrogens is 240 g/mol. The van der Waals surface area contributed by atoms with Gasteiger partial charge in [0.25, 0.3) is 0 Å². The number of nitrogens with two attached hydrogens (primary N) is 1. The standard InChI is InChI=1S/C11H16N2O3S/c12-9(10(14)8-1-6-17-7-8)11(15)13-2-4-16-5-3-13/h1,6-7,9-10,14H,2-5,12H2. The van der Waals surface area contributed by atoms with Gasteiger partial charge in [0.05, 0.1) is 13.2 Å². The Kier molecular flexibility index (Phi) is 4.11. The van der Waals surface area contributed by atoms with Crippen molar-refractivity contribution in [1.82, 2.24) is 4.90 Å². The van der Waals surface area contributed by atoms with Crippen molar-refractivity contribution < 1.29 is 14.6 Å². The summed E-state index contributed by atoms with van der Waals surface area (Å²) in [5, 5.41) is 13.6. The van der Waals surface area contributed by atoms with Crippen molar-refractivity contribution in [3.8, 4) is 0 Å². The number of nitrogens with zero attached hydrogens (tertiary/aromatic N) is 1. The van der Waals surface area contributed by atoms with Gasteiger partial charge >= 0.3 is 0 Å². The van der Waals surface area contributed by atoms with Gasteiger partial charge in [-0.25, -0.2) is 0 Å². The normalized spacial score (nSPS) is 20.0. The molecule has 2 heterocycles. The van der Waals surface area contributed by atoms with Crippen LogP contribution in [-0.2, 0) is 9.53 Å². The summed E-state index contributed by atoms with van der Waals surface area (Å²) in [6, 6.07) is 0.879. The van der Waals surface area contributed by atoms with Crippen molar-refractivity contribution >= 4 is 17.2 Å². The Labute approximate surface area is 104 Å². The molecule has 0 saturated carbocycles. The first kappa shape index (κ1) is 12.5. The molecule has 17 heavy (non-hydrogen) atoms. The molecule has 0 aliphatic carbocycles. The molecule has 6 heteroatoms. The minimum absolute atomic E-state index is 0.216.